The van der Waals surface area contributed by atoms with Gasteiger partial charge in [-0.15, -0.1) is 0 Å². The summed E-state index contributed by atoms with van der Waals surface area (Å²) in [6.45, 7) is 4.63. The highest BCUT2D eigenvalue weighted by molar-refractivity contribution is 5.98. The minimum absolute atomic E-state index is 0.111. The summed E-state index contributed by atoms with van der Waals surface area (Å²) in [7, 11) is 0. The van der Waals surface area contributed by atoms with E-state index in [0.29, 0.717) is 24.5 Å². The number of anilines is 1. The van der Waals surface area contributed by atoms with E-state index in [-0.39, 0.29) is 18.2 Å². The second kappa shape index (κ2) is 9.70. The number of pyridine rings is 2. The molecule has 0 aliphatic carbocycles. The van der Waals surface area contributed by atoms with Crippen LogP contribution in [0.3, 0.4) is 0 Å². The van der Waals surface area contributed by atoms with Gasteiger partial charge in [0.05, 0.1) is 24.2 Å². The molecule has 0 saturated heterocycles. The van der Waals surface area contributed by atoms with Gasteiger partial charge in [0.25, 0.3) is 5.91 Å². The maximum absolute atomic E-state index is 13.6. The largest absolute Gasteiger partial charge is 0.383 e. The smallest absolute Gasteiger partial charge is 0.254 e. The number of fused-ring (bicyclic) bond motifs is 1. The zero-order valence-corrected chi connectivity index (χ0v) is 19.3. The average molecular weight is 454 g/mol. The van der Waals surface area contributed by atoms with E-state index in [9.17, 15) is 9.59 Å². The molecule has 34 heavy (non-hydrogen) atoms. The topological polar surface area (TPSA) is 115 Å². The van der Waals surface area contributed by atoms with E-state index in [4.69, 9.17) is 11.5 Å². The summed E-state index contributed by atoms with van der Waals surface area (Å²) in [6, 6.07) is 18.9. The van der Waals surface area contributed by atoms with Gasteiger partial charge in [0.1, 0.15) is 5.82 Å². The number of aryl methyl sites for hydroxylation is 2. The fraction of sp³-hybridized carbons (Fsp3) is 0.185. The van der Waals surface area contributed by atoms with Crippen molar-refractivity contribution in [3.8, 4) is 0 Å². The molecular weight excluding hydrogens is 426 g/mol. The summed E-state index contributed by atoms with van der Waals surface area (Å²) in [4.78, 5) is 35.5. The fourth-order valence-electron chi connectivity index (χ4n) is 3.78. The summed E-state index contributed by atoms with van der Waals surface area (Å²) in [5, 5.41) is 0.863. The van der Waals surface area contributed by atoms with E-state index in [2.05, 4.69) is 9.97 Å². The Morgan fingerprint density at radius 1 is 0.912 bits per heavy atom. The number of carbonyl (C=O) groups is 2. The lowest BCUT2D eigenvalue weighted by atomic mass is 10.1. The standard InChI is InChI=1S/C27H27N5O2/c1-17-3-9-23(30-14-17)16-32(15-20-6-4-19(5-7-20)12-25(28)33)27(34)21-8-10-24-22(13-21)11-18(2)26(29)31-24/h3-11,13-14H,12,15-16H2,1-2H3,(H2,28,33)(H2,29,31). The molecular formula is C27H27N5O2. The van der Waals surface area contributed by atoms with Crippen LogP contribution in [-0.2, 0) is 24.3 Å². The minimum Gasteiger partial charge on any atom is -0.383 e. The van der Waals surface area contributed by atoms with E-state index in [1.54, 1.807) is 17.2 Å². The SMILES string of the molecule is Cc1ccc(CN(Cc2ccc(CC(N)=O)cc2)C(=O)c2ccc3nc(N)c(C)cc3c2)nc1. The molecule has 172 valence electrons. The number of nitrogen functional groups attached to an aromatic ring is 1. The first-order valence-corrected chi connectivity index (χ1v) is 11.0. The van der Waals surface area contributed by atoms with Crippen LogP contribution in [0.1, 0.15) is 38.3 Å². The number of hydrogen-bond donors (Lipinski definition) is 2. The van der Waals surface area contributed by atoms with Crippen LogP contribution in [0.2, 0.25) is 0 Å². The van der Waals surface area contributed by atoms with Crippen LogP contribution in [0.4, 0.5) is 5.82 Å². The normalized spacial score (nSPS) is 10.9. The van der Waals surface area contributed by atoms with Crippen molar-refractivity contribution in [1.82, 2.24) is 14.9 Å². The number of primary amides is 1. The maximum atomic E-state index is 13.6. The van der Waals surface area contributed by atoms with Crippen LogP contribution in [0.25, 0.3) is 10.9 Å². The van der Waals surface area contributed by atoms with Crippen molar-refractivity contribution in [2.75, 3.05) is 5.73 Å². The highest BCUT2D eigenvalue weighted by Gasteiger charge is 2.18. The molecule has 7 heteroatoms. The second-order valence-electron chi connectivity index (χ2n) is 8.55. The highest BCUT2D eigenvalue weighted by atomic mass is 16.2. The Balaban J connectivity index is 1.64. The van der Waals surface area contributed by atoms with E-state index < -0.39 is 0 Å². The molecule has 2 aromatic heterocycles. The van der Waals surface area contributed by atoms with Gasteiger partial charge in [-0.05, 0) is 66.4 Å². The molecule has 0 aliphatic heterocycles. The number of nitrogens with two attached hydrogens (primary N) is 2. The van der Waals surface area contributed by atoms with Gasteiger partial charge in [-0.3, -0.25) is 14.6 Å². The van der Waals surface area contributed by atoms with E-state index in [1.807, 2.05) is 68.4 Å². The molecule has 0 bridgehead atoms. The quantitative estimate of drug-likeness (QED) is 0.443. The lowest BCUT2D eigenvalue weighted by Crippen LogP contribution is -2.30. The van der Waals surface area contributed by atoms with Crippen molar-refractivity contribution >= 4 is 28.5 Å². The Bertz CT molecular complexity index is 1350. The van der Waals surface area contributed by atoms with Gasteiger partial charge in [0.2, 0.25) is 5.91 Å². The molecule has 0 aliphatic rings. The molecule has 0 atom stereocenters. The third-order valence-corrected chi connectivity index (χ3v) is 5.68. The van der Waals surface area contributed by atoms with Crippen LogP contribution in [-0.4, -0.2) is 26.7 Å². The van der Waals surface area contributed by atoms with Crippen molar-refractivity contribution in [3.05, 3.63) is 100 Å². The van der Waals surface area contributed by atoms with E-state index >= 15 is 0 Å². The molecule has 0 saturated carbocycles. The Labute approximate surface area is 198 Å². The molecule has 2 heterocycles. The van der Waals surface area contributed by atoms with Gasteiger partial charge < -0.3 is 16.4 Å². The van der Waals surface area contributed by atoms with Gasteiger partial charge in [0.15, 0.2) is 0 Å². The van der Waals surface area contributed by atoms with Crippen molar-refractivity contribution < 1.29 is 9.59 Å². The summed E-state index contributed by atoms with van der Waals surface area (Å²) < 4.78 is 0. The van der Waals surface area contributed by atoms with Gasteiger partial charge in [-0.25, -0.2) is 4.98 Å². The number of benzene rings is 2. The van der Waals surface area contributed by atoms with Gasteiger partial charge in [-0.2, -0.15) is 0 Å². The Hall–Kier alpha value is -4.26. The third kappa shape index (κ3) is 5.38. The predicted molar refractivity (Wildman–Crippen MR) is 133 cm³/mol. The van der Waals surface area contributed by atoms with Gasteiger partial charge >= 0.3 is 0 Å². The fourth-order valence-corrected chi connectivity index (χ4v) is 3.78. The number of hydrogen-bond acceptors (Lipinski definition) is 5. The number of rotatable bonds is 7. The van der Waals surface area contributed by atoms with Crippen LogP contribution in [0, 0.1) is 13.8 Å². The number of carbonyl (C=O) groups excluding carboxylic acids is 2. The lowest BCUT2D eigenvalue weighted by Gasteiger charge is -2.23. The molecule has 0 spiro atoms. The molecule has 2 aromatic carbocycles. The monoisotopic (exact) mass is 453 g/mol. The lowest BCUT2D eigenvalue weighted by molar-refractivity contribution is -0.117. The van der Waals surface area contributed by atoms with Crippen LogP contribution >= 0.6 is 0 Å². The summed E-state index contributed by atoms with van der Waals surface area (Å²) in [6.07, 6.45) is 1.98. The first kappa shape index (κ1) is 22.9. The molecule has 4 aromatic rings. The molecule has 0 unspecified atom stereocenters. The molecule has 7 nitrogen and oxygen atoms in total. The molecule has 4 rings (SSSR count). The first-order chi connectivity index (χ1) is 16.3. The zero-order valence-electron chi connectivity index (χ0n) is 19.3. The van der Waals surface area contributed by atoms with Crippen molar-refractivity contribution in [2.24, 2.45) is 5.73 Å². The second-order valence-corrected chi connectivity index (χ2v) is 8.55. The van der Waals surface area contributed by atoms with Gasteiger partial charge in [0, 0.05) is 23.7 Å². The number of aromatic nitrogens is 2. The third-order valence-electron chi connectivity index (χ3n) is 5.68. The molecule has 0 radical (unpaired) electrons. The first-order valence-electron chi connectivity index (χ1n) is 11.0. The minimum atomic E-state index is -0.377. The molecule has 2 amide bonds. The van der Waals surface area contributed by atoms with Crippen molar-refractivity contribution in [3.63, 3.8) is 0 Å². The van der Waals surface area contributed by atoms with E-state index in [0.717, 1.165) is 38.9 Å². The Morgan fingerprint density at radius 3 is 2.32 bits per heavy atom. The summed E-state index contributed by atoms with van der Waals surface area (Å²) in [5.41, 5.74) is 17.0. The Kier molecular flexibility index (Phi) is 6.54. The summed E-state index contributed by atoms with van der Waals surface area (Å²) in [5.74, 6) is -0.00353. The Morgan fingerprint density at radius 2 is 1.65 bits per heavy atom. The van der Waals surface area contributed by atoms with Crippen LogP contribution in [0.15, 0.2) is 66.9 Å². The van der Waals surface area contributed by atoms with E-state index in [1.165, 1.54) is 0 Å². The maximum Gasteiger partial charge on any atom is 0.254 e. The highest BCUT2D eigenvalue weighted by Crippen LogP contribution is 2.21. The summed E-state index contributed by atoms with van der Waals surface area (Å²) >= 11 is 0. The van der Waals surface area contributed by atoms with Crippen molar-refractivity contribution in [1.29, 1.82) is 0 Å². The average Bonchev–Trinajstić information content (AvgIpc) is 2.81. The molecule has 4 N–H and O–H groups in total. The zero-order chi connectivity index (χ0) is 24.2. The van der Waals surface area contributed by atoms with Crippen LogP contribution in [0.5, 0.6) is 0 Å². The number of amides is 2. The van der Waals surface area contributed by atoms with Crippen molar-refractivity contribution in [2.45, 2.75) is 33.4 Å². The molecule has 0 fully saturated rings. The van der Waals surface area contributed by atoms with Crippen LogP contribution < -0.4 is 11.5 Å². The predicted octanol–water partition coefficient (Wildman–Crippen LogP) is 3.70. The number of nitrogens with zero attached hydrogens (tertiary/aromatic N) is 3. The van der Waals surface area contributed by atoms with Gasteiger partial charge in [-0.1, -0.05) is 30.3 Å².